The van der Waals surface area contributed by atoms with Crippen LogP contribution >= 0.6 is 11.8 Å². The first-order valence-electron chi connectivity index (χ1n) is 8.65. The van der Waals surface area contributed by atoms with E-state index < -0.39 is 36.2 Å². The molecule has 156 valence electrons. The van der Waals surface area contributed by atoms with Gasteiger partial charge in [-0.05, 0) is 41.5 Å². The molecule has 0 radical (unpaired) electrons. The second-order valence-corrected chi connectivity index (χ2v) is 7.43. The molecule has 2 rings (SSSR count). The fourth-order valence-corrected chi connectivity index (χ4v) is 3.09. The van der Waals surface area contributed by atoms with Gasteiger partial charge in [0.2, 0.25) is 0 Å². The number of amides is 2. The number of hydrogen-bond donors (Lipinski definition) is 1. The van der Waals surface area contributed by atoms with E-state index in [1.165, 1.54) is 19.3 Å². The molecule has 9 nitrogen and oxygen atoms in total. The number of ether oxygens (including phenoxy) is 3. The number of carbonyl (C=O) groups is 4. The Hall–Kier alpha value is -3.01. The van der Waals surface area contributed by atoms with Gasteiger partial charge in [-0.2, -0.15) is 0 Å². The predicted octanol–water partition coefficient (Wildman–Crippen LogP) is 2.39. The Morgan fingerprint density at radius 2 is 1.97 bits per heavy atom. The van der Waals surface area contributed by atoms with Crippen LogP contribution in [0.5, 0.6) is 11.5 Å². The van der Waals surface area contributed by atoms with E-state index in [-0.39, 0.29) is 28.9 Å². The van der Waals surface area contributed by atoms with Crippen molar-refractivity contribution in [1.82, 2.24) is 4.90 Å². The summed E-state index contributed by atoms with van der Waals surface area (Å²) in [5.74, 6) is -1.72. The van der Waals surface area contributed by atoms with Gasteiger partial charge in [0.1, 0.15) is 6.54 Å². The standard InChI is InChI=1S/C19H21NO8S/c1-11(2)9-28-17(23)8-20-18(24)15(29-19(20)25)7-12-4-5-13(14(6-12)26-3)27-10-16(21)22/h4-7,11H,8-10H2,1-3H3,(H,21,22)/b15-7+. The van der Waals surface area contributed by atoms with Gasteiger partial charge in [0.25, 0.3) is 11.1 Å². The number of esters is 1. The number of rotatable bonds is 9. The number of imide groups is 1. The minimum atomic E-state index is -1.13. The molecule has 2 amide bonds. The Kier molecular flexibility index (Phi) is 7.66. The maximum Gasteiger partial charge on any atom is 0.341 e. The number of nitrogens with zero attached hydrogens (tertiary/aromatic N) is 1. The number of aliphatic carboxylic acids is 1. The Morgan fingerprint density at radius 3 is 2.59 bits per heavy atom. The van der Waals surface area contributed by atoms with Crippen molar-refractivity contribution in [3.8, 4) is 11.5 Å². The van der Waals surface area contributed by atoms with Gasteiger partial charge in [0, 0.05) is 0 Å². The number of thioether (sulfide) groups is 1. The van der Waals surface area contributed by atoms with Crippen LogP contribution in [0.4, 0.5) is 4.79 Å². The van der Waals surface area contributed by atoms with E-state index in [2.05, 4.69) is 0 Å². The second kappa shape index (κ2) is 9.97. The fraction of sp³-hybridized carbons (Fsp3) is 0.368. The summed E-state index contributed by atoms with van der Waals surface area (Å²) in [5.41, 5.74) is 0.539. The highest BCUT2D eigenvalue weighted by atomic mass is 32.2. The molecule has 1 fully saturated rings. The summed E-state index contributed by atoms with van der Waals surface area (Å²) in [6.07, 6.45) is 1.48. The van der Waals surface area contributed by atoms with E-state index in [1.807, 2.05) is 13.8 Å². The zero-order valence-corrected chi connectivity index (χ0v) is 17.0. The number of hydrogen-bond acceptors (Lipinski definition) is 8. The fourth-order valence-electron chi connectivity index (χ4n) is 2.25. The number of methoxy groups -OCH3 is 1. The highest BCUT2D eigenvalue weighted by molar-refractivity contribution is 8.18. The minimum absolute atomic E-state index is 0.145. The molecule has 0 aliphatic carbocycles. The molecule has 0 bridgehead atoms. The Morgan fingerprint density at radius 1 is 1.24 bits per heavy atom. The monoisotopic (exact) mass is 423 g/mol. The zero-order valence-electron chi connectivity index (χ0n) is 16.2. The van der Waals surface area contributed by atoms with Crippen LogP contribution in [0, 0.1) is 5.92 Å². The third-order valence-corrected chi connectivity index (χ3v) is 4.48. The van der Waals surface area contributed by atoms with Crippen LogP contribution in [0.2, 0.25) is 0 Å². The molecule has 0 atom stereocenters. The van der Waals surface area contributed by atoms with Crippen molar-refractivity contribution in [3.63, 3.8) is 0 Å². The van der Waals surface area contributed by atoms with Crippen molar-refractivity contribution < 1.29 is 38.5 Å². The topological polar surface area (TPSA) is 119 Å². The normalized spacial score (nSPS) is 15.2. The molecule has 0 aromatic heterocycles. The van der Waals surface area contributed by atoms with Crippen molar-refractivity contribution in [2.75, 3.05) is 26.9 Å². The van der Waals surface area contributed by atoms with Gasteiger partial charge in [0.05, 0.1) is 18.6 Å². The first kappa shape index (κ1) is 22.3. The van der Waals surface area contributed by atoms with Gasteiger partial charge < -0.3 is 19.3 Å². The van der Waals surface area contributed by atoms with Crippen LogP contribution in [0.25, 0.3) is 6.08 Å². The highest BCUT2D eigenvalue weighted by Gasteiger charge is 2.36. The summed E-state index contributed by atoms with van der Waals surface area (Å²) >= 11 is 0.716. The molecule has 0 unspecified atom stereocenters. The molecule has 29 heavy (non-hydrogen) atoms. The van der Waals surface area contributed by atoms with Gasteiger partial charge in [-0.1, -0.05) is 19.9 Å². The van der Waals surface area contributed by atoms with Gasteiger partial charge in [-0.15, -0.1) is 0 Å². The zero-order chi connectivity index (χ0) is 21.6. The first-order valence-corrected chi connectivity index (χ1v) is 9.46. The first-order chi connectivity index (χ1) is 13.7. The van der Waals surface area contributed by atoms with Gasteiger partial charge in [-0.3, -0.25) is 19.3 Å². The average Bonchev–Trinajstić information content (AvgIpc) is 2.92. The molecule has 1 aromatic carbocycles. The van der Waals surface area contributed by atoms with Crippen molar-refractivity contribution in [1.29, 1.82) is 0 Å². The van der Waals surface area contributed by atoms with E-state index in [9.17, 15) is 19.2 Å². The molecule has 0 spiro atoms. The summed E-state index contributed by atoms with van der Waals surface area (Å²) < 4.78 is 15.3. The molecule has 1 N–H and O–H groups in total. The van der Waals surface area contributed by atoms with Crippen molar-refractivity contribution in [3.05, 3.63) is 28.7 Å². The highest BCUT2D eigenvalue weighted by Crippen LogP contribution is 2.34. The molecule has 10 heteroatoms. The van der Waals surface area contributed by atoms with Crippen LogP contribution < -0.4 is 9.47 Å². The molecule has 1 aliphatic rings. The SMILES string of the molecule is COc1cc(/C=C2/SC(=O)N(CC(=O)OCC(C)C)C2=O)ccc1OCC(=O)O. The Bertz CT molecular complexity index is 849. The number of carbonyl (C=O) groups excluding carboxylic acids is 3. The number of carboxylic acids is 1. The average molecular weight is 423 g/mol. The van der Waals surface area contributed by atoms with Gasteiger partial charge in [0.15, 0.2) is 18.1 Å². The summed E-state index contributed by atoms with van der Waals surface area (Å²) in [5, 5.41) is 8.14. The number of carboxylic acid groups (broad SMARTS) is 1. The molecular formula is C19H21NO8S. The Labute approximate surface area is 171 Å². The molecule has 1 heterocycles. The van der Waals surface area contributed by atoms with Crippen LogP contribution in [-0.4, -0.2) is 60.0 Å². The van der Waals surface area contributed by atoms with Gasteiger partial charge in [-0.25, -0.2) is 4.79 Å². The summed E-state index contributed by atoms with van der Waals surface area (Å²) in [6.45, 7) is 2.99. The lowest BCUT2D eigenvalue weighted by Gasteiger charge is -2.12. The van der Waals surface area contributed by atoms with Crippen LogP contribution in [0.1, 0.15) is 19.4 Å². The maximum atomic E-state index is 12.5. The van der Waals surface area contributed by atoms with E-state index in [1.54, 1.807) is 12.1 Å². The van der Waals surface area contributed by atoms with Crippen molar-refractivity contribution >= 4 is 40.9 Å². The Balaban J connectivity index is 2.12. The van der Waals surface area contributed by atoms with E-state index in [0.717, 1.165) is 4.90 Å². The molecule has 1 aromatic rings. The van der Waals surface area contributed by atoms with E-state index in [0.29, 0.717) is 17.3 Å². The van der Waals surface area contributed by atoms with E-state index >= 15 is 0 Å². The summed E-state index contributed by atoms with van der Waals surface area (Å²) in [4.78, 5) is 48.0. The molecule has 1 aliphatic heterocycles. The summed E-state index contributed by atoms with van der Waals surface area (Å²) in [7, 11) is 1.39. The summed E-state index contributed by atoms with van der Waals surface area (Å²) in [6, 6.07) is 4.63. The lowest BCUT2D eigenvalue weighted by Crippen LogP contribution is -2.34. The largest absolute Gasteiger partial charge is 0.493 e. The van der Waals surface area contributed by atoms with Gasteiger partial charge >= 0.3 is 11.9 Å². The quantitative estimate of drug-likeness (QED) is 0.471. The molecule has 0 saturated carbocycles. The molecular weight excluding hydrogens is 402 g/mol. The van der Waals surface area contributed by atoms with Crippen molar-refractivity contribution in [2.45, 2.75) is 13.8 Å². The second-order valence-electron chi connectivity index (χ2n) is 6.44. The number of benzene rings is 1. The van der Waals surface area contributed by atoms with Crippen molar-refractivity contribution in [2.24, 2.45) is 5.92 Å². The van der Waals surface area contributed by atoms with Crippen LogP contribution in [-0.2, 0) is 19.1 Å². The minimum Gasteiger partial charge on any atom is -0.493 e. The van der Waals surface area contributed by atoms with Crippen LogP contribution in [0.15, 0.2) is 23.1 Å². The van der Waals surface area contributed by atoms with E-state index in [4.69, 9.17) is 19.3 Å². The smallest absolute Gasteiger partial charge is 0.341 e. The third-order valence-electron chi connectivity index (χ3n) is 3.58. The lowest BCUT2D eigenvalue weighted by molar-refractivity contribution is -0.147. The molecule has 1 saturated heterocycles. The lowest BCUT2D eigenvalue weighted by atomic mass is 10.2. The third kappa shape index (κ3) is 6.24. The predicted molar refractivity (Wildman–Crippen MR) is 105 cm³/mol. The maximum absolute atomic E-state index is 12.5. The van der Waals surface area contributed by atoms with Crippen LogP contribution in [0.3, 0.4) is 0 Å².